The van der Waals surface area contributed by atoms with Crippen LogP contribution in [0.3, 0.4) is 0 Å². The van der Waals surface area contributed by atoms with Crippen molar-refractivity contribution in [1.29, 1.82) is 0 Å². The fourth-order valence-corrected chi connectivity index (χ4v) is 2.35. The number of benzene rings is 2. The van der Waals surface area contributed by atoms with Crippen molar-refractivity contribution >= 4 is 34.6 Å². The first-order valence-corrected chi connectivity index (χ1v) is 8.08. The minimum absolute atomic E-state index is 0.0561. The Balaban J connectivity index is 1.93. The average Bonchev–Trinajstić information content (AvgIpc) is 2.57. The second-order valence-corrected chi connectivity index (χ2v) is 5.95. The van der Waals surface area contributed by atoms with E-state index in [2.05, 4.69) is 11.9 Å². The Morgan fingerprint density at radius 1 is 1.33 bits per heavy atom. The summed E-state index contributed by atoms with van der Waals surface area (Å²) in [6.07, 6.45) is 1.70. The summed E-state index contributed by atoms with van der Waals surface area (Å²) < 4.78 is 18.6. The van der Waals surface area contributed by atoms with Crippen molar-refractivity contribution in [3.8, 4) is 5.75 Å². The van der Waals surface area contributed by atoms with Gasteiger partial charge in [0, 0.05) is 19.3 Å². The van der Waals surface area contributed by atoms with Gasteiger partial charge < -0.3 is 15.0 Å². The molecule has 0 aliphatic carbocycles. The number of hydrogen-bond donors (Lipinski definition) is 1. The highest BCUT2D eigenvalue weighted by Gasteiger charge is 2.07. The van der Waals surface area contributed by atoms with Crippen molar-refractivity contribution in [2.45, 2.75) is 6.54 Å². The molecule has 0 heterocycles. The maximum Gasteiger partial charge on any atom is 0.173 e. The van der Waals surface area contributed by atoms with E-state index in [0.29, 0.717) is 24.0 Å². The Kier molecular flexibility index (Phi) is 6.58. The monoisotopic (exact) mass is 364 g/mol. The Morgan fingerprint density at radius 2 is 2.04 bits per heavy atom. The highest BCUT2D eigenvalue weighted by molar-refractivity contribution is 7.80. The van der Waals surface area contributed by atoms with Crippen LogP contribution in [0.15, 0.2) is 55.1 Å². The Hall–Kier alpha value is -2.11. The zero-order valence-electron chi connectivity index (χ0n) is 13.3. The van der Waals surface area contributed by atoms with E-state index in [0.717, 1.165) is 11.3 Å². The zero-order chi connectivity index (χ0) is 17.5. The van der Waals surface area contributed by atoms with Crippen LogP contribution < -0.4 is 10.1 Å². The molecule has 2 rings (SSSR count). The molecule has 0 aliphatic rings. The van der Waals surface area contributed by atoms with Crippen LogP contribution >= 0.6 is 23.8 Å². The number of anilines is 1. The van der Waals surface area contributed by atoms with Crippen molar-refractivity contribution < 1.29 is 9.13 Å². The number of nitrogens with one attached hydrogen (secondary N) is 1. The van der Waals surface area contributed by atoms with Gasteiger partial charge in [-0.15, -0.1) is 0 Å². The third-order valence-corrected chi connectivity index (χ3v) is 3.93. The summed E-state index contributed by atoms with van der Waals surface area (Å²) in [5.74, 6) is 0.336. The van der Waals surface area contributed by atoms with Gasteiger partial charge in [-0.1, -0.05) is 36.4 Å². The molecule has 0 radical (unpaired) electrons. The summed E-state index contributed by atoms with van der Waals surface area (Å²) in [5.41, 5.74) is 1.73. The van der Waals surface area contributed by atoms with Gasteiger partial charge in [0.15, 0.2) is 5.11 Å². The molecule has 0 saturated carbocycles. The molecule has 0 atom stereocenters. The molecule has 0 spiro atoms. The first-order valence-electron chi connectivity index (χ1n) is 7.29. The van der Waals surface area contributed by atoms with Crippen LogP contribution in [0, 0.1) is 5.82 Å². The molecule has 1 N–H and O–H groups in total. The molecule has 0 unspecified atom stereocenters. The lowest BCUT2D eigenvalue weighted by Gasteiger charge is -2.21. The van der Waals surface area contributed by atoms with Gasteiger partial charge >= 0.3 is 0 Å². The van der Waals surface area contributed by atoms with Gasteiger partial charge in [0.25, 0.3) is 0 Å². The standard InChI is InChI=1S/C18H18ClFN2OS/c1-3-10-23-15-7-4-13(5-8-15)12-22(2)18(24)21-14-6-9-17(20)16(19)11-14/h3-9,11H,1,10,12H2,2H3,(H,21,24). The van der Waals surface area contributed by atoms with Crippen molar-refractivity contribution in [3.63, 3.8) is 0 Å². The average molecular weight is 365 g/mol. The Labute approximate surface area is 151 Å². The number of hydrogen-bond acceptors (Lipinski definition) is 2. The molecule has 6 heteroatoms. The lowest BCUT2D eigenvalue weighted by molar-refractivity contribution is 0.363. The molecular formula is C18H18ClFN2OS. The second kappa shape index (κ2) is 8.66. The number of rotatable bonds is 6. The van der Waals surface area contributed by atoms with Crippen LogP contribution in [0.4, 0.5) is 10.1 Å². The summed E-state index contributed by atoms with van der Waals surface area (Å²) in [6, 6.07) is 12.2. The minimum Gasteiger partial charge on any atom is -0.490 e. The first-order chi connectivity index (χ1) is 11.5. The highest BCUT2D eigenvalue weighted by Crippen LogP contribution is 2.20. The quantitative estimate of drug-likeness (QED) is 0.583. The van der Waals surface area contributed by atoms with Crippen LogP contribution in [0.1, 0.15) is 5.56 Å². The smallest absolute Gasteiger partial charge is 0.173 e. The largest absolute Gasteiger partial charge is 0.490 e. The zero-order valence-corrected chi connectivity index (χ0v) is 14.8. The van der Waals surface area contributed by atoms with E-state index in [1.807, 2.05) is 36.2 Å². The highest BCUT2D eigenvalue weighted by atomic mass is 35.5. The number of nitrogens with zero attached hydrogens (tertiary/aromatic N) is 1. The topological polar surface area (TPSA) is 24.5 Å². The van der Waals surface area contributed by atoms with Gasteiger partial charge in [0.1, 0.15) is 18.2 Å². The van der Waals surface area contributed by atoms with Crippen molar-refractivity contribution in [2.24, 2.45) is 0 Å². The molecular weight excluding hydrogens is 347 g/mol. The van der Waals surface area contributed by atoms with Crippen LogP contribution in [0.5, 0.6) is 5.75 Å². The van der Waals surface area contributed by atoms with Gasteiger partial charge in [0.2, 0.25) is 0 Å². The van der Waals surface area contributed by atoms with Gasteiger partial charge in [0.05, 0.1) is 5.02 Å². The maximum absolute atomic E-state index is 13.2. The van der Waals surface area contributed by atoms with E-state index in [1.54, 1.807) is 12.1 Å². The molecule has 0 amide bonds. The molecule has 0 fully saturated rings. The summed E-state index contributed by atoms with van der Waals surface area (Å²) in [6.45, 7) is 4.72. The molecule has 0 aliphatic heterocycles. The van der Waals surface area contributed by atoms with Gasteiger partial charge in [-0.05, 0) is 48.1 Å². The predicted octanol–water partition coefficient (Wildman–Crippen LogP) is 4.87. The maximum atomic E-state index is 13.2. The number of halogens is 2. The fraction of sp³-hybridized carbons (Fsp3) is 0.167. The van der Waals surface area contributed by atoms with Crippen molar-refractivity contribution in [2.75, 3.05) is 19.0 Å². The molecule has 2 aromatic carbocycles. The third kappa shape index (κ3) is 5.22. The number of thiocarbonyl (C=S) groups is 1. The summed E-state index contributed by atoms with van der Waals surface area (Å²) in [4.78, 5) is 1.88. The van der Waals surface area contributed by atoms with Crippen LogP contribution in [0.25, 0.3) is 0 Å². The van der Waals surface area contributed by atoms with Crippen LogP contribution in [-0.4, -0.2) is 23.7 Å². The second-order valence-electron chi connectivity index (χ2n) is 5.16. The Morgan fingerprint density at radius 3 is 2.67 bits per heavy atom. The van der Waals surface area contributed by atoms with Crippen molar-refractivity contribution in [3.05, 3.63) is 71.5 Å². The van der Waals surface area contributed by atoms with E-state index < -0.39 is 5.82 Å². The molecule has 0 saturated heterocycles. The van der Waals surface area contributed by atoms with E-state index in [1.165, 1.54) is 12.1 Å². The lowest BCUT2D eigenvalue weighted by atomic mass is 10.2. The summed E-state index contributed by atoms with van der Waals surface area (Å²) in [5, 5.41) is 3.61. The molecule has 2 aromatic rings. The lowest BCUT2D eigenvalue weighted by Crippen LogP contribution is -2.30. The molecule has 0 aromatic heterocycles. The van der Waals surface area contributed by atoms with Gasteiger partial charge in [-0.3, -0.25) is 0 Å². The van der Waals surface area contributed by atoms with E-state index >= 15 is 0 Å². The van der Waals surface area contributed by atoms with Crippen molar-refractivity contribution in [1.82, 2.24) is 4.90 Å². The molecule has 126 valence electrons. The van der Waals surface area contributed by atoms with E-state index in [4.69, 9.17) is 28.6 Å². The third-order valence-electron chi connectivity index (χ3n) is 3.23. The molecule has 0 bridgehead atoms. The predicted molar refractivity (Wildman–Crippen MR) is 101 cm³/mol. The minimum atomic E-state index is -0.458. The van der Waals surface area contributed by atoms with E-state index in [-0.39, 0.29) is 5.02 Å². The molecule has 3 nitrogen and oxygen atoms in total. The molecule has 24 heavy (non-hydrogen) atoms. The Bertz CT molecular complexity index is 721. The SMILES string of the molecule is C=CCOc1ccc(CN(C)C(=S)Nc2ccc(F)c(Cl)c2)cc1. The van der Waals surface area contributed by atoms with Gasteiger partial charge in [-0.2, -0.15) is 0 Å². The fourth-order valence-electron chi connectivity index (χ4n) is 1.98. The summed E-state index contributed by atoms with van der Waals surface area (Å²) in [7, 11) is 1.88. The number of ether oxygens (including phenoxy) is 1. The van der Waals surface area contributed by atoms with E-state index in [9.17, 15) is 4.39 Å². The van der Waals surface area contributed by atoms with Crippen LogP contribution in [0.2, 0.25) is 5.02 Å². The summed E-state index contributed by atoms with van der Waals surface area (Å²) >= 11 is 11.1. The normalized spacial score (nSPS) is 10.1. The first kappa shape index (κ1) is 18.2. The van der Waals surface area contributed by atoms with Gasteiger partial charge in [-0.25, -0.2) is 4.39 Å². The van der Waals surface area contributed by atoms with Crippen LogP contribution in [-0.2, 0) is 6.54 Å².